The van der Waals surface area contributed by atoms with Gasteiger partial charge in [-0.15, -0.1) is 0 Å². The molecule has 3 aliphatic heterocycles. The number of aromatic hydroxyl groups is 1. The smallest absolute Gasteiger partial charge is 0.319 e. The topological polar surface area (TPSA) is 90.4 Å². The number of rotatable bonds is 5. The molecule has 0 spiro atoms. The Morgan fingerprint density at radius 1 is 0.976 bits per heavy atom. The third-order valence-corrected chi connectivity index (χ3v) is 9.60. The summed E-state index contributed by atoms with van der Waals surface area (Å²) in [5, 5.41) is 21.1. The number of H-pyrrole nitrogens is 1. The number of nitrogens with one attached hydrogen (secondary N) is 1. The van der Waals surface area contributed by atoms with Crippen LogP contribution in [0.4, 0.5) is 5.82 Å². The molecule has 8 rings (SSSR count). The van der Waals surface area contributed by atoms with Gasteiger partial charge in [0.25, 0.3) is 0 Å². The molecule has 0 aliphatic carbocycles. The number of hydrogen-bond donors (Lipinski definition) is 2. The standard InChI is InChI=1S/C33H34N6O2/c1-21-25(28-17-24(40)16-22-6-2-3-7-26(22)28)8-9-27-30(21)35-32(41-20-33-11-4-13-39(33)14-5-12-33)36-31(27)38-15-10-29-23(19-38)18-34-37-29/h2-3,6-9,16-18,40H,4-5,10-15,19-20H2,1H3,(H,34,37). The first-order valence-electron chi connectivity index (χ1n) is 14.8. The molecule has 41 heavy (non-hydrogen) atoms. The summed E-state index contributed by atoms with van der Waals surface area (Å²) in [6, 6.07) is 16.6. The second-order valence-corrected chi connectivity index (χ2v) is 11.9. The lowest BCUT2D eigenvalue weighted by Crippen LogP contribution is -2.43. The zero-order valence-corrected chi connectivity index (χ0v) is 23.4. The predicted octanol–water partition coefficient (Wildman–Crippen LogP) is 5.76. The van der Waals surface area contributed by atoms with E-state index < -0.39 is 0 Å². The van der Waals surface area contributed by atoms with Crippen molar-refractivity contribution in [2.75, 3.05) is 31.1 Å². The van der Waals surface area contributed by atoms with Crippen LogP contribution in [-0.2, 0) is 13.0 Å². The van der Waals surface area contributed by atoms with Crippen LogP contribution in [0.2, 0.25) is 0 Å². The van der Waals surface area contributed by atoms with E-state index in [2.05, 4.69) is 45.1 Å². The normalized spacial score (nSPS) is 18.2. The van der Waals surface area contributed by atoms with E-state index in [0.29, 0.717) is 12.6 Å². The summed E-state index contributed by atoms with van der Waals surface area (Å²) in [7, 11) is 0. The Morgan fingerprint density at radius 3 is 2.71 bits per heavy atom. The van der Waals surface area contributed by atoms with E-state index in [0.717, 1.165) is 76.8 Å². The van der Waals surface area contributed by atoms with Crippen molar-refractivity contribution < 1.29 is 9.84 Å². The summed E-state index contributed by atoms with van der Waals surface area (Å²) in [4.78, 5) is 15.1. The van der Waals surface area contributed by atoms with Crippen molar-refractivity contribution in [3.8, 4) is 22.9 Å². The number of phenolic OH excluding ortho intramolecular Hbond substituents is 1. The molecule has 208 valence electrons. The van der Waals surface area contributed by atoms with Gasteiger partial charge in [-0.2, -0.15) is 15.1 Å². The van der Waals surface area contributed by atoms with E-state index in [-0.39, 0.29) is 11.3 Å². The lowest BCUT2D eigenvalue weighted by Gasteiger charge is -2.32. The number of nitrogens with zero attached hydrogens (tertiary/aromatic N) is 5. The van der Waals surface area contributed by atoms with E-state index in [4.69, 9.17) is 14.7 Å². The van der Waals surface area contributed by atoms with Crippen LogP contribution in [-0.4, -0.2) is 62.0 Å². The van der Waals surface area contributed by atoms with Gasteiger partial charge in [0.05, 0.1) is 17.3 Å². The Balaban J connectivity index is 1.26. The van der Waals surface area contributed by atoms with Crippen LogP contribution in [0.3, 0.4) is 0 Å². The second-order valence-electron chi connectivity index (χ2n) is 11.9. The van der Waals surface area contributed by atoms with Crippen LogP contribution in [0.1, 0.15) is 42.5 Å². The van der Waals surface area contributed by atoms with Crippen molar-refractivity contribution in [2.24, 2.45) is 0 Å². The zero-order chi connectivity index (χ0) is 27.6. The molecule has 5 aromatic rings. The molecular formula is C33H34N6O2. The monoisotopic (exact) mass is 546 g/mol. The predicted molar refractivity (Wildman–Crippen MR) is 160 cm³/mol. The van der Waals surface area contributed by atoms with Crippen LogP contribution in [0.15, 0.2) is 54.7 Å². The minimum Gasteiger partial charge on any atom is -0.508 e. The molecule has 0 amide bonds. The van der Waals surface area contributed by atoms with Gasteiger partial charge in [0.1, 0.15) is 18.2 Å². The van der Waals surface area contributed by atoms with Crippen LogP contribution in [0, 0.1) is 6.92 Å². The number of benzene rings is 3. The molecule has 0 atom stereocenters. The highest BCUT2D eigenvalue weighted by atomic mass is 16.5. The Kier molecular flexibility index (Phi) is 5.67. The van der Waals surface area contributed by atoms with E-state index in [1.165, 1.54) is 36.9 Å². The van der Waals surface area contributed by atoms with Crippen molar-refractivity contribution in [3.63, 3.8) is 0 Å². The molecule has 2 saturated heterocycles. The third-order valence-electron chi connectivity index (χ3n) is 9.60. The maximum Gasteiger partial charge on any atom is 0.319 e. The van der Waals surface area contributed by atoms with Crippen molar-refractivity contribution in [3.05, 3.63) is 71.5 Å². The molecule has 0 unspecified atom stereocenters. The molecule has 3 aromatic carbocycles. The molecular weight excluding hydrogens is 512 g/mol. The van der Waals surface area contributed by atoms with Gasteiger partial charge in [0.15, 0.2) is 0 Å². The summed E-state index contributed by atoms with van der Waals surface area (Å²) in [5.74, 6) is 1.16. The Hall–Kier alpha value is -4.17. The molecule has 0 bridgehead atoms. The fraction of sp³-hybridized carbons (Fsp3) is 0.364. The Labute approximate surface area is 239 Å². The van der Waals surface area contributed by atoms with Crippen molar-refractivity contribution in [1.82, 2.24) is 25.1 Å². The molecule has 8 heteroatoms. The molecule has 8 nitrogen and oxygen atoms in total. The summed E-state index contributed by atoms with van der Waals surface area (Å²) >= 11 is 0. The van der Waals surface area contributed by atoms with E-state index >= 15 is 0 Å². The molecule has 2 N–H and O–H groups in total. The fourth-order valence-electron chi connectivity index (χ4n) is 7.47. The average Bonchev–Trinajstić information content (AvgIpc) is 3.71. The molecule has 3 aliphatic rings. The molecule has 0 radical (unpaired) electrons. The van der Waals surface area contributed by atoms with Gasteiger partial charge in [-0.1, -0.05) is 30.3 Å². The number of aryl methyl sites for hydroxylation is 1. The maximum absolute atomic E-state index is 10.6. The van der Waals surface area contributed by atoms with Crippen molar-refractivity contribution in [2.45, 2.75) is 51.1 Å². The lowest BCUT2D eigenvalue weighted by molar-refractivity contribution is 0.108. The van der Waals surface area contributed by atoms with E-state index in [9.17, 15) is 5.11 Å². The Morgan fingerprint density at radius 2 is 1.83 bits per heavy atom. The molecule has 2 fully saturated rings. The van der Waals surface area contributed by atoms with Gasteiger partial charge in [-0.3, -0.25) is 10.00 Å². The summed E-state index contributed by atoms with van der Waals surface area (Å²) in [6.45, 7) is 6.65. The fourth-order valence-corrected chi connectivity index (χ4v) is 7.47. The number of aromatic nitrogens is 4. The minimum absolute atomic E-state index is 0.118. The van der Waals surface area contributed by atoms with Gasteiger partial charge in [-0.05, 0) is 91.4 Å². The van der Waals surface area contributed by atoms with Crippen LogP contribution < -0.4 is 9.64 Å². The second kappa shape index (κ2) is 9.45. The number of anilines is 1. The maximum atomic E-state index is 10.6. The van der Waals surface area contributed by atoms with Crippen molar-refractivity contribution in [1.29, 1.82) is 0 Å². The average molecular weight is 547 g/mol. The van der Waals surface area contributed by atoms with Gasteiger partial charge in [0, 0.05) is 36.2 Å². The number of phenols is 1. The highest BCUT2D eigenvalue weighted by Gasteiger charge is 2.45. The number of fused-ring (bicyclic) bond motifs is 4. The zero-order valence-electron chi connectivity index (χ0n) is 23.4. The first-order valence-corrected chi connectivity index (χ1v) is 14.8. The van der Waals surface area contributed by atoms with E-state index in [1.54, 1.807) is 0 Å². The third kappa shape index (κ3) is 4.03. The van der Waals surface area contributed by atoms with Gasteiger partial charge >= 0.3 is 6.01 Å². The molecule has 0 saturated carbocycles. The SMILES string of the molecule is Cc1c(-c2cc(O)cc3ccccc23)ccc2c(N3CCc4[nH]ncc4C3)nc(OCC34CCCN3CCC4)nc12. The molecule has 2 aromatic heterocycles. The van der Waals surface area contributed by atoms with E-state index in [1.807, 2.05) is 36.5 Å². The first kappa shape index (κ1) is 24.6. The number of ether oxygens (including phenoxy) is 1. The number of hydrogen-bond acceptors (Lipinski definition) is 7. The van der Waals surface area contributed by atoms with Gasteiger partial charge < -0.3 is 14.7 Å². The minimum atomic E-state index is 0.118. The van der Waals surface area contributed by atoms with Crippen LogP contribution in [0.25, 0.3) is 32.8 Å². The first-order chi connectivity index (χ1) is 20.1. The van der Waals surface area contributed by atoms with Crippen LogP contribution >= 0.6 is 0 Å². The lowest BCUT2D eigenvalue weighted by atomic mass is 9.93. The highest BCUT2D eigenvalue weighted by Crippen LogP contribution is 2.41. The number of aromatic amines is 1. The quantitative estimate of drug-likeness (QED) is 0.290. The summed E-state index contributed by atoms with van der Waals surface area (Å²) in [6.07, 6.45) is 7.63. The highest BCUT2D eigenvalue weighted by molar-refractivity contribution is 6.02. The summed E-state index contributed by atoms with van der Waals surface area (Å²) < 4.78 is 6.53. The van der Waals surface area contributed by atoms with Gasteiger partial charge in [-0.25, -0.2) is 0 Å². The van der Waals surface area contributed by atoms with Crippen LogP contribution in [0.5, 0.6) is 11.8 Å². The Bertz CT molecular complexity index is 1790. The molecule has 5 heterocycles. The summed E-state index contributed by atoms with van der Waals surface area (Å²) in [5.41, 5.74) is 6.51. The largest absolute Gasteiger partial charge is 0.508 e. The van der Waals surface area contributed by atoms with Crippen molar-refractivity contribution >= 4 is 27.5 Å². The van der Waals surface area contributed by atoms with Gasteiger partial charge in [0.2, 0.25) is 0 Å².